The molecule has 0 fully saturated rings. The van der Waals surface area contributed by atoms with Crippen LogP contribution in [0.5, 0.6) is 0 Å². The first-order chi connectivity index (χ1) is 13.7. The molecule has 0 aliphatic heterocycles. The van der Waals surface area contributed by atoms with Crippen LogP contribution in [-0.4, -0.2) is 11.9 Å². The van der Waals surface area contributed by atoms with Crippen LogP contribution in [0.1, 0.15) is 62.5 Å². The highest BCUT2D eigenvalue weighted by Crippen LogP contribution is 2.11. The van der Waals surface area contributed by atoms with Gasteiger partial charge < -0.3 is 9.47 Å². The van der Waals surface area contributed by atoms with Crippen LogP contribution in [0, 0.1) is 0 Å². The minimum atomic E-state index is -0.134. The Morgan fingerprint density at radius 2 is 0.893 bits per heavy atom. The van der Waals surface area contributed by atoms with Crippen molar-refractivity contribution in [3.63, 3.8) is 0 Å². The zero-order chi connectivity index (χ0) is 19.9. The molecule has 2 rings (SSSR count). The smallest absolute Gasteiger partial charge is 0.306 e. The van der Waals surface area contributed by atoms with Crippen LogP contribution in [0.4, 0.5) is 0 Å². The molecule has 4 heteroatoms. The largest absolute Gasteiger partial charge is 0.461 e. The van der Waals surface area contributed by atoms with Crippen molar-refractivity contribution in [2.75, 3.05) is 0 Å². The third kappa shape index (κ3) is 9.91. The van der Waals surface area contributed by atoms with E-state index in [-0.39, 0.29) is 11.9 Å². The Balaban J connectivity index is 1.39. The number of carbonyl (C=O) groups excluding carboxylic acids is 2. The number of ether oxygens (including phenoxy) is 2. The predicted molar refractivity (Wildman–Crippen MR) is 109 cm³/mol. The van der Waals surface area contributed by atoms with Crippen molar-refractivity contribution in [2.24, 2.45) is 0 Å². The molecule has 0 saturated carbocycles. The first-order valence-electron chi connectivity index (χ1n) is 10.1. The molecule has 0 N–H and O–H groups in total. The quantitative estimate of drug-likeness (QED) is 0.334. The molecule has 28 heavy (non-hydrogen) atoms. The molecule has 2 aromatic rings. The maximum Gasteiger partial charge on any atom is 0.306 e. The first kappa shape index (κ1) is 21.7. The Morgan fingerprint density at radius 3 is 1.29 bits per heavy atom. The lowest BCUT2D eigenvalue weighted by molar-refractivity contribution is -0.146. The van der Waals surface area contributed by atoms with Gasteiger partial charge in [0.1, 0.15) is 13.2 Å². The van der Waals surface area contributed by atoms with Crippen LogP contribution in [0.25, 0.3) is 0 Å². The molecule has 4 nitrogen and oxygen atoms in total. The highest BCUT2D eigenvalue weighted by atomic mass is 16.5. The molecule has 0 amide bonds. The van der Waals surface area contributed by atoms with Gasteiger partial charge in [0.2, 0.25) is 0 Å². The van der Waals surface area contributed by atoms with Crippen molar-refractivity contribution < 1.29 is 19.1 Å². The Morgan fingerprint density at radius 1 is 0.536 bits per heavy atom. The van der Waals surface area contributed by atoms with Crippen molar-refractivity contribution in [3.05, 3.63) is 71.8 Å². The maximum atomic E-state index is 11.7. The summed E-state index contributed by atoms with van der Waals surface area (Å²) in [5.41, 5.74) is 2.02. The summed E-state index contributed by atoms with van der Waals surface area (Å²) in [6.07, 6.45) is 6.82. The van der Waals surface area contributed by atoms with E-state index in [1.54, 1.807) is 0 Å². The highest BCUT2D eigenvalue weighted by molar-refractivity contribution is 5.69. The highest BCUT2D eigenvalue weighted by Gasteiger charge is 2.05. The Kier molecular flexibility index (Phi) is 10.5. The number of unbranched alkanes of at least 4 members (excludes halogenated alkanes) is 5. The second-order valence-electron chi connectivity index (χ2n) is 6.91. The number of carbonyl (C=O) groups is 2. The fraction of sp³-hybridized carbons (Fsp3) is 0.417. The second kappa shape index (κ2) is 13.5. The normalized spacial score (nSPS) is 10.4. The summed E-state index contributed by atoms with van der Waals surface area (Å²) in [5, 5.41) is 0. The van der Waals surface area contributed by atoms with Gasteiger partial charge in [-0.05, 0) is 24.0 Å². The van der Waals surface area contributed by atoms with E-state index in [1.807, 2.05) is 60.7 Å². The Bertz CT molecular complexity index is 621. The van der Waals surface area contributed by atoms with E-state index < -0.39 is 0 Å². The zero-order valence-electron chi connectivity index (χ0n) is 16.5. The monoisotopic (exact) mass is 382 g/mol. The summed E-state index contributed by atoms with van der Waals surface area (Å²) in [6, 6.07) is 19.4. The van der Waals surface area contributed by atoms with Crippen LogP contribution in [0.2, 0.25) is 0 Å². The molecule has 0 aromatic heterocycles. The lowest BCUT2D eigenvalue weighted by atomic mass is 10.1. The van der Waals surface area contributed by atoms with Crippen LogP contribution in [0.15, 0.2) is 60.7 Å². The van der Waals surface area contributed by atoms with Gasteiger partial charge in [0.05, 0.1) is 0 Å². The third-order valence-corrected chi connectivity index (χ3v) is 4.50. The number of hydrogen-bond donors (Lipinski definition) is 0. The number of hydrogen-bond acceptors (Lipinski definition) is 4. The third-order valence-electron chi connectivity index (χ3n) is 4.50. The van der Waals surface area contributed by atoms with Gasteiger partial charge in [-0.25, -0.2) is 0 Å². The van der Waals surface area contributed by atoms with E-state index in [2.05, 4.69) is 0 Å². The van der Waals surface area contributed by atoms with Gasteiger partial charge in [0.15, 0.2) is 0 Å². The molecule has 0 bridgehead atoms. The van der Waals surface area contributed by atoms with Gasteiger partial charge >= 0.3 is 11.9 Å². The maximum absolute atomic E-state index is 11.7. The van der Waals surface area contributed by atoms with Crippen LogP contribution in [0.3, 0.4) is 0 Å². The van der Waals surface area contributed by atoms with Crippen molar-refractivity contribution in [1.29, 1.82) is 0 Å². The van der Waals surface area contributed by atoms with Crippen molar-refractivity contribution >= 4 is 11.9 Å². The van der Waals surface area contributed by atoms with E-state index in [4.69, 9.17) is 9.47 Å². The SMILES string of the molecule is O=C(CCCCCCCCC(=O)OCc1ccccc1)OCc1ccccc1. The molecule has 0 aliphatic carbocycles. The molecule has 0 saturated heterocycles. The fourth-order valence-electron chi connectivity index (χ4n) is 2.87. The van der Waals surface area contributed by atoms with E-state index in [1.165, 1.54) is 0 Å². The minimum absolute atomic E-state index is 0.134. The Hall–Kier alpha value is -2.62. The van der Waals surface area contributed by atoms with Crippen molar-refractivity contribution in [1.82, 2.24) is 0 Å². The van der Waals surface area contributed by atoms with E-state index >= 15 is 0 Å². The van der Waals surface area contributed by atoms with Gasteiger partial charge in [-0.3, -0.25) is 9.59 Å². The summed E-state index contributed by atoms with van der Waals surface area (Å²) < 4.78 is 10.5. The fourth-order valence-corrected chi connectivity index (χ4v) is 2.87. The minimum Gasteiger partial charge on any atom is -0.461 e. The lowest BCUT2D eigenvalue weighted by Crippen LogP contribution is -2.04. The molecule has 0 aliphatic rings. The number of benzene rings is 2. The second-order valence-corrected chi connectivity index (χ2v) is 6.91. The molecule has 150 valence electrons. The lowest BCUT2D eigenvalue weighted by Gasteiger charge is -2.06. The summed E-state index contributed by atoms with van der Waals surface area (Å²) in [7, 11) is 0. The summed E-state index contributed by atoms with van der Waals surface area (Å²) >= 11 is 0. The molecule has 0 radical (unpaired) electrons. The zero-order valence-corrected chi connectivity index (χ0v) is 16.5. The summed E-state index contributed by atoms with van der Waals surface area (Å²) in [6.45, 7) is 0.695. The van der Waals surface area contributed by atoms with Crippen molar-refractivity contribution in [3.8, 4) is 0 Å². The van der Waals surface area contributed by atoms with E-state index in [0.717, 1.165) is 49.7 Å². The summed E-state index contributed by atoms with van der Waals surface area (Å²) in [4.78, 5) is 23.4. The average Bonchev–Trinajstić information content (AvgIpc) is 2.74. The van der Waals surface area contributed by atoms with E-state index in [0.29, 0.717) is 26.1 Å². The predicted octanol–water partition coefficient (Wildman–Crippen LogP) is 5.59. The summed E-state index contributed by atoms with van der Waals surface area (Å²) in [5.74, 6) is -0.268. The molecule has 2 aromatic carbocycles. The molecule has 0 spiro atoms. The van der Waals surface area contributed by atoms with Gasteiger partial charge in [0, 0.05) is 12.8 Å². The van der Waals surface area contributed by atoms with E-state index in [9.17, 15) is 9.59 Å². The first-order valence-corrected chi connectivity index (χ1v) is 10.1. The van der Waals surface area contributed by atoms with Crippen LogP contribution < -0.4 is 0 Å². The number of esters is 2. The van der Waals surface area contributed by atoms with Crippen molar-refractivity contribution in [2.45, 2.75) is 64.6 Å². The topological polar surface area (TPSA) is 52.6 Å². The van der Waals surface area contributed by atoms with Crippen LogP contribution in [-0.2, 0) is 32.3 Å². The molecule has 0 heterocycles. The van der Waals surface area contributed by atoms with Crippen LogP contribution >= 0.6 is 0 Å². The van der Waals surface area contributed by atoms with Gasteiger partial charge in [-0.1, -0.05) is 86.3 Å². The average molecular weight is 383 g/mol. The number of rotatable bonds is 13. The van der Waals surface area contributed by atoms with Gasteiger partial charge in [-0.15, -0.1) is 0 Å². The standard InChI is InChI=1S/C24H30O4/c25-23(27-19-21-13-7-5-8-14-21)17-11-3-1-2-4-12-18-24(26)28-20-22-15-9-6-10-16-22/h5-10,13-16H,1-4,11-12,17-20H2. The molecule has 0 atom stereocenters. The van der Waals surface area contributed by atoms with Gasteiger partial charge in [0.25, 0.3) is 0 Å². The molecular formula is C24H30O4. The molecule has 0 unspecified atom stereocenters. The molecular weight excluding hydrogens is 352 g/mol. The Labute approximate surface area is 167 Å². The van der Waals surface area contributed by atoms with Gasteiger partial charge in [-0.2, -0.15) is 0 Å².